The van der Waals surface area contributed by atoms with Crippen LogP contribution in [-0.2, 0) is 0 Å². The van der Waals surface area contributed by atoms with Crippen molar-refractivity contribution in [3.05, 3.63) is 29.8 Å². The van der Waals surface area contributed by atoms with Gasteiger partial charge in [0.25, 0.3) is 0 Å². The summed E-state index contributed by atoms with van der Waals surface area (Å²) in [7, 11) is 0. The predicted octanol–water partition coefficient (Wildman–Crippen LogP) is 1.07. The van der Waals surface area contributed by atoms with E-state index in [2.05, 4.69) is 29.4 Å². The molecule has 0 unspecified atom stereocenters. The molecular weight excluding hydrogens is 270 g/mol. The topological polar surface area (TPSA) is 84.8 Å². The third-order valence-electron chi connectivity index (χ3n) is 3.34. The molecule has 0 saturated heterocycles. The molecule has 0 heterocycles. The second-order valence-electron chi connectivity index (χ2n) is 4.77. The smallest absolute Gasteiger partial charge is 0.314 e. The molecule has 1 aromatic carbocycles. The van der Waals surface area contributed by atoms with Crippen LogP contribution >= 0.6 is 0 Å². The minimum absolute atomic E-state index is 0.127. The van der Waals surface area contributed by atoms with E-state index in [0.29, 0.717) is 12.1 Å². The average Bonchev–Trinajstić information content (AvgIpc) is 2.50. The van der Waals surface area contributed by atoms with Gasteiger partial charge in [-0.3, -0.25) is 0 Å². The van der Waals surface area contributed by atoms with Crippen LogP contribution in [0.25, 0.3) is 0 Å². The average molecular weight is 295 g/mol. The molecule has 118 valence electrons. The van der Waals surface area contributed by atoms with Gasteiger partial charge in [-0.15, -0.1) is 0 Å². The number of hydrogen-bond acceptors (Lipinski definition) is 4. The number of aliphatic hydroxyl groups is 1. The molecular formula is C15H25N3O3. The zero-order chi connectivity index (χ0) is 15.7. The Morgan fingerprint density at radius 1 is 1.19 bits per heavy atom. The van der Waals surface area contributed by atoms with Gasteiger partial charge in [-0.05, 0) is 30.8 Å². The maximum atomic E-state index is 11.6. The largest absolute Gasteiger partial charge is 0.508 e. The van der Waals surface area contributed by atoms with Crippen LogP contribution in [0.15, 0.2) is 24.3 Å². The highest BCUT2D eigenvalue weighted by atomic mass is 16.3. The quantitative estimate of drug-likeness (QED) is 0.578. The number of likely N-dealkylation sites (N-methyl/N-ethyl adjacent to an activating group) is 1. The zero-order valence-corrected chi connectivity index (χ0v) is 12.7. The first-order valence-electron chi connectivity index (χ1n) is 7.27. The van der Waals surface area contributed by atoms with Gasteiger partial charge in [0, 0.05) is 19.6 Å². The number of aromatic hydroxyl groups is 1. The van der Waals surface area contributed by atoms with Crippen molar-refractivity contribution < 1.29 is 15.0 Å². The molecule has 6 nitrogen and oxygen atoms in total. The third kappa shape index (κ3) is 6.46. The van der Waals surface area contributed by atoms with Crippen LogP contribution in [0.1, 0.15) is 25.5 Å². The molecule has 0 aromatic heterocycles. The van der Waals surface area contributed by atoms with E-state index in [1.165, 1.54) is 12.1 Å². The lowest BCUT2D eigenvalue weighted by molar-refractivity contribution is 0.172. The van der Waals surface area contributed by atoms with Crippen LogP contribution in [0.3, 0.4) is 0 Å². The Morgan fingerprint density at radius 2 is 1.81 bits per heavy atom. The van der Waals surface area contributed by atoms with Crippen LogP contribution in [0.4, 0.5) is 4.79 Å². The minimum atomic E-state index is -0.792. The van der Waals surface area contributed by atoms with Gasteiger partial charge in [-0.25, -0.2) is 4.79 Å². The highest BCUT2D eigenvalue weighted by Crippen LogP contribution is 2.15. The van der Waals surface area contributed by atoms with Crippen molar-refractivity contribution in [2.75, 3.05) is 32.7 Å². The maximum Gasteiger partial charge on any atom is 0.314 e. The van der Waals surface area contributed by atoms with Crippen molar-refractivity contribution in [2.24, 2.45) is 0 Å². The molecule has 0 radical (unpaired) electrons. The van der Waals surface area contributed by atoms with Crippen molar-refractivity contribution in [3.63, 3.8) is 0 Å². The third-order valence-corrected chi connectivity index (χ3v) is 3.34. The number of rotatable bonds is 8. The van der Waals surface area contributed by atoms with E-state index in [9.17, 15) is 15.0 Å². The number of benzene rings is 1. The number of hydrogen-bond donors (Lipinski definition) is 4. The summed E-state index contributed by atoms with van der Waals surface area (Å²) in [6.45, 7) is 7.58. The van der Waals surface area contributed by atoms with Crippen molar-refractivity contribution in [1.82, 2.24) is 15.5 Å². The molecule has 1 rings (SSSR count). The number of amides is 2. The van der Waals surface area contributed by atoms with Gasteiger partial charge >= 0.3 is 6.03 Å². The SMILES string of the molecule is CCN(CC)CCNC(=O)NC[C@@H](O)c1ccc(O)cc1. The Labute approximate surface area is 125 Å². The van der Waals surface area contributed by atoms with E-state index in [0.717, 1.165) is 19.6 Å². The minimum Gasteiger partial charge on any atom is -0.508 e. The normalized spacial score (nSPS) is 12.2. The predicted molar refractivity (Wildman–Crippen MR) is 82.3 cm³/mol. The summed E-state index contributed by atoms with van der Waals surface area (Å²) in [5.74, 6) is 0.146. The monoisotopic (exact) mass is 295 g/mol. The van der Waals surface area contributed by atoms with Gasteiger partial charge in [0.1, 0.15) is 5.75 Å². The number of carbonyl (C=O) groups excluding carboxylic acids is 1. The molecule has 0 bridgehead atoms. The van der Waals surface area contributed by atoms with E-state index in [1.807, 2.05) is 0 Å². The first kappa shape index (κ1) is 17.3. The Morgan fingerprint density at radius 3 is 2.38 bits per heavy atom. The molecule has 1 aromatic rings. The summed E-state index contributed by atoms with van der Waals surface area (Å²) in [5, 5.41) is 24.5. The van der Waals surface area contributed by atoms with Gasteiger partial charge < -0.3 is 25.7 Å². The first-order chi connectivity index (χ1) is 10.1. The molecule has 0 spiro atoms. The lowest BCUT2D eigenvalue weighted by Gasteiger charge is -2.18. The summed E-state index contributed by atoms with van der Waals surface area (Å²) in [5.41, 5.74) is 0.649. The molecule has 1 atom stereocenters. The van der Waals surface area contributed by atoms with Crippen LogP contribution in [0.5, 0.6) is 5.75 Å². The van der Waals surface area contributed by atoms with Crippen LogP contribution in [0, 0.1) is 0 Å². The van der Waals surface area contributed by atoms with Crippen LogP contribution < -0.4 is 10.6 Å². The van der Waals surface area contributed by atoms with Gasteiger partial charge in [-0.1, -0.05) is 26.0 Å². The lowest BCUT2D eigenvalue weighted by Crippen LogP contribution is -2.41. The fraction of sp³-hybridized carbons (Fsp3) is 0.533. The van der Waals surface area contributed by atoms with Crippen LogP contribution in [0.2, 0.25) is 0 Å². The van der Waals surface area contributed by atoms with E-state index in [1.54, 1.807) is 12.1 Å². The Bertz CT molecular complexity index is 419. The summed E-state index contributed by atoms with van der Waals surface area (Å²) < 4.78 is 0. The van der Waals surface area contributed by atoms with Gasteiger partial charge in [-0.2, -0.15) is 0 Å². The molecule has 0 saturated carbocycles. The van der Waals surface area contributed by atoms with Crippen molar-refractivity contribution in [3.8, 4) is 5.75 Å². The summed E-state index contributed by atoms with van der Waals surface area (Å²) in [6, 6.07) is 5.96. The van der Waals surface area contributed by atoms with E-state index in [-0.39, 0.29) is 18.3 Å². The molecule has 21 heavy (non-hydrogen) atoms. The molecule has 0 aliphatic carbocycles. The number of aliphatic hydroxyl groups excluding tert-OH is 1. The highest BCUT2D eigenvalue weighted by Gasteiger charge is 2.09. The number of phenolic OH excluding ortho intramolecular Hbond substituents is 1. The number of urea groups is 1. The zero-order valence-electron chi connectivity index (χ0n) is 12.7. The Kier molecular flexibility index (Phi) is 7.56. The summed E-state index contributed by atoms with van der Waals surface area (Å²) >= 11 is 0. The Balaban J connectivity index is 2.24. The van der Waals surface area contributed by atoms with E-state index in [4.69, 9.17) is 0 Å². The highest BCUT2D eigenvalue weighted by molar-refractivity contribution is 5.73. The fourth-order valence-electron chi connectivity index (χ4n) is 1.93. The number of nitrogens with zero attached hydrogens (tertiary/aromatic N) is 1. The molecule has 6 heteroatoms. The molecule has 0 fully saturated rings. The van der Waals surface area contributed by atoms with E-state index < -0.39 is 6.10 Å². The van der Waals surface area contributed by atoms with Gasteiger partial charge in [0.15, 0.2) is 0 Å². The first-order valence-corrected chi connectivity index (χ1v) is 7.27. The summed E-state index contributed by atoms with van der Waals surface area (Å²) in [4.78, 5) is 13.8. The number of phenols is 1. The van der Waals surface area contributed by atoms with Gasteiger partial charge in [0.2, 0.25) is 0 Å². The number of carbonyl (C=O) groups is 1. The Hall–Kier alpha value is -1.79. The maximum absolute atomic E-state index is 11.6. The lowest BCUT2D eigenvalue weighted by atomic mass is 10.1. The van der Waals surface area contributed by atoms with Crippen molar-refractivity contribution in [2.45, 2.75) is 20.0 Å². The second-order valence-corrected chi connectivity index (χ2v) is 4.77. The summed E-state index contributed by atoms with van der Waals surface area (Å²) in [6.07, 6.45) is -0.792. The molecule has 2 amide bonds. The van der Waals surface area contributed by atoms with E-state index >= 15 is 0 Å². The molecule has 4 N–H and O–H groups in total. The van der Waals surface area contributed by atoms with Crippen molar-refractivity contribution in [1.29, 1.82) is 0 Å². The molecule has 0 aliphatic rings. The second kappa shape index (κ2) is 9.20. The standard InChI is InChI=1S/C15H25N3O3/c1-3-18(4-2)10-9-16-15(21)17-11-14(20)12-5-7-13(19)8-6-12/h5-8,14,19-20H,3-4,9-11H2,1-2H3,(H2,16,17,21)/t14-/m1/s1. The van der Waals surface area contributed by atoms with Crippen LogP contribution in [-0.4, -0.2) is 53.9 Å². The van der Waals surface area contributed by atoms with Gasteiger partial charge in [0.05, 0.1) is 6.10 Å². The fourth-order valence-corrected chi connectivity index (χ4v) is 1.93. The molecule has 0 aliphatic heterocycles. The number of nitrogens with one attached hydrogen (secondary N) is 2. The van der Waals surface area contributed by atoms with Crippen molar-refractivity contribution >= 4 is 6.03 Å².